The van der Waals surface area contributed by atoms with Crippen LogP contribution in [0.1, 0.15) is 45.4 Å². The molecule has 1 aliphatic carbocycles. The Hall–Kier alpha value is -1.35. The first-order chi connectivity index (χ1) is 9.22. The fraction of sp³-hybridized carbons (Fsp3) is 0.562. The third-order valence-corrected chi connectivity index (χ3v) is 4.53. The highest BCUT2D eigenvalue weighted by molar-refractivity contribution is 5.86. The second kappa shape index (κ2) is 4.64. The molecule has 3 nitrogen and oxygen atoms in total. The Morgan fingerprint density at radius 3 is 2.68 bits per heavy atom. The highest BCUT2D eigenvalue weighted by Crippen LogP contribution is 2.58. The van der Waals surface area contributed by atoms with Crippen molar-refractivity contribution in [2.75, 3.05) is 0 Å². The van der Waals surface area contributed by atoms with Gasteiger partial charge in [-0.2, -0.15) is 0 Å². The number of esters is 1. The molecule has 3 heteroatoms. The molecule has 0 bridgehead atoms. The molecule has 1 heterocycles. The number of benzene rings is 1. The van der Waals surface area contributed by atoms with Crippen LogP contribution in [0.3, 0.4) is 0 Å². The largest absolute Gasteiger partial charge is 0.424 e. The van der Waals surface area contributed by atoms with Gasteiger partial charge in [-0.25, -0.2) is 4.79 Å². The van der Waals surface area contributed by atoms with Crippen LogP contribution in [0, 0.1) is 0 Å². The Kier molecular flexibility index (Phi) is 3.09. The van der Waals surface area contributed by atoms with Gasteiger partial charge >= 0.3 is 5.97 Å². The van der Waals surface area contributed by atoms with Crippen molar-refractivity contribution in [3.8, 4) is 5.75 Å². The van der Waals surface area contributed by atoms with E-state index in [0.717, 1.165) is 32.1 Å². The van der Waals surface area contributed by atoms with Crippen molar-refractivity contribution < 1.29 is 14.3 Å². The molecule has 0 radical (unpaired) electrons. The maximum atomic E-state index is 12.5. The van der Waals surface area contributed by atoms with Crippen LogP contribution >= 0.6 is 0 Å². The van der Waals surface area contributed by atoms with E-state index in [1.807, 2.05) is 18.2 Å². The van der Waals surface area contributed by atoms with Crippen molar-refractivity contribution in [1.29, 1.82) is 0 Å². The van der Waals surface area contributed by atoms with Gasteiger partial charge < -0.3 is 9.47 Å². The molecule has 1 aromatic rings. The van der Waals surface area contributed by atoms with Gasteiger partial charge in [0, 0.05) is 0 Å². The normalized spacial score (nSPS) is 33.1. The summed E-state index contributed by atoms with van der Waals surface area (Å²) in [5.41, 5.74) is -0.927. The molecule has 0 amide bonds. The molecule has 2 fully saturated rings. The van der Waals surface area contributed by atoms with Crippen LogP contribution in [0.15, 0.2) is 30.3 Å². The molecule has 3 rings (SSSR count). The summed E-state index contributed by atoms with van der Waals surface area (Å²) in [5.74, 6) is 0.397. The van der Waals surface area contributed by atoms with Gasteiger partial charge in [0.2, 0.25) is 0 Å². The van der Waals surface area contributed by atoms with E-state index in [2.05, 4.69) is 6.92 Å². The zero-order valence-electron chi connectivity index (χ0n) is 11.4. The average Bonchev–Trinajstić information content (AvgIpc) is 3.10. The first kappa shape index (κ1) is 12.7. The maximum absolute atomic E-state index is 12.5. The molecule has 102 valence electrons. The monoisotopic (exact) mass is 260 g/mol. The minimum atomic E-state index is -0.673. The highest BCUT2D eigenvalue weighted by atomic mass is 16.7. The standard InChI is InChI=1S/C16H20O3/c1-2-15-11-7-4-8-12-16(15,19-15)14(17)18-13-9-5-3-6-10-13/h3,5-6,9-10H,2,4,7-8,11-12H2,1H3. The summed E-state index contributed by atoms with van der Waals surface area (Å²) in [5, 5.41) is 0. The molecule has 0 aromatic heterocycles. The van der Waals surface area contributed by atoms with Gasteiger partial charge in [-0.3, -0.25) is 0 Å². The lowest BCUT2D eigenvalue weighted by Crippen LogP contribution is -2.36. The van der Waals surface area contributed by atoms with Gasteiger partial charge in [0.25, 0.3) is 0 Å². The predicted octanol–water partition coefficient (Wildman–Crippen LogP) is 3.47. The number of hydrogen-bond donors (Lipinski definition) is 0. The summed E-state index contributed by atoms with van der Waals surface area (Å²) in [7, 11) is 0. The topological polar surface area (TPSA) is 38.8 Å². The van der Waals surface area contributed by atoms with Crippen LogP contribution < -0.4 is 4.74 Å². The second-order valence-electron chi connectivity index (χ2n) is 5.54. The van der Waals surface area contributed by atoms with E-state index in [-0.39, 0.29) is 11.6 Å². The number of fused-ring (bicyclic) bond motifs is 1. The summed E-state index contributed by atoms with van der Waals surface area (Å²) in [6.07, 6.45) is 6.04. The molecule has 1 aromatic carbocycles. The highest BCUT2D eigenvalue weighted by Gasteiger charge is 2.74. The number of epoxide rings is 1. The zero-order valence-corrected chi connectivity index (χ0v) is 11.4. The minimum absolute atomic E-state index is 0.206. The van der Waals surface area contributed by atoms with Gasteiger partial charge in [-0.05, 0) is 37.8 Å². The van der Waals surface area contributed by atoms with Gasteiger partial charge in [0.05, 0.1) is 0 Å². The molecule has 2 aliphatic rings. The Morgan fingerprint density at radius 2 is 1.95 bits per heavy atom. The van der Waals surface area contributed by atoms with E-state index < -0.39 is 5.60 Å². The van der Waals surface area contributed by atoms with Crippen LogP contribution in [-0.2, 0) is 9.53 Å². The zero-order chi connectivity index (χ0) is 13.3. The number of carbonyl (C=O) groups excluding carboxylic acids is 1. The Morgan fingerprint density at radius 1 is 1.21 bits per heavy atom. The predicted molar refractivity (Wildman–Crippen MR) is 72.0 cm³/mol. The molecule has 2 atom stereocenters. The minimum Gasteiger partial charge on any atom is -0.424 e. The lowest BCUT2D eigenvalue weighted by atomic mass is 9.86. The smallest absolute Gasteiger partial charge is 0.346 e. The molecule has 1 saturated carbocycles. The molecular formula is C16H20O3. The van der Waals surface area contributed by atoms with Crippen LogP contribution in [0.2, 0.25) is 0 Å². The number of rotatable bonds is 3. The fourth-order valence-electron chi connectivity index (χ4n) is 3.34. The molecule has 1 saturated heterocycles. The molecule has 0 spiro atoms. The lowest BCUT2D eigenvalue weighted by molar-refractivity contribution is -0.140. The van der Waals surface area contributed by atoms with Gasteiger partial charge in [0.1, 0.15) is 11.4 Å². The molecule has 2 unspecified atom stereocenters. The van der Waals surface area contributed by atoms with Crippen LogP contribution in [0.25, 0.3) is 0 Å². The Bertz CT molecular complexity index is 466. The van der Waals surface area contributed by atoms with Crippen molar-refractivity contribution in [1.82, 2.24) is 0 Å². The van der Waals surface area contributed by atoms with Gasteiger partial charge in [-0.15, -0.1) is 0 Å². The van der Waals surface area contributed by atoms with Crippen molar-refractivity contribution in [2.24, 2.45) is 0 Å². The SMILES string of the molecule is CCC12CCCCCC1(C(=O)Oc1ccccc1)O2. The Balaban J connectivity index is 1.79. The quantitative estimate of drug-likeness (QED) is 0.474. The van der Waals surface area contributed by atoms with E-state index in [0.29, 0.717) is 5.75 Å². The summed E-state index contributed by atoms with van der Waals surface area (Å²) in [4.78, 5) is 12.5. The number of ether oxygens (including phenoxy) is 2. The summed E-state index contributed by atoms with van der Waals surface area (Å²) >= 11 is 0. The Labute approximate surface area is 113 Å². The second-order valence-corrected chi connectivity index (χ2v) is 5.54. The third-order valence-electron chi connectivity index (χ3n) is 4.53. The first-order valence-corrected chi connectivity index (χ1v) is 7.20. The fourth-order valence-corrected chi connectivity index (χ4v) is 3.34. The van der Waals surface area contributed by atoms with E-state index >= 15 is 0 Å². The van der Waals surface area contributed by atoms with Crippen LogP contribution in [0.4, 0.5) is 0 Å². The van der Waals surface area contributed by atoms with E-state index in [1.54, 1.807) is 12.1 Å². The maximum Gasteiger partial charge on any atom is 0.346 e. The first-order valence-electron chi connectivity index (χ1n) is 7.20. The van der Waals surface area contributed by atoms with Crippen molar-refractivity contribution >= 4 is 5.97 Å². The number of hydrogen-bond acceptors (Lipinski definition) is 3. The van der Waals surface area contributed by atoms with Crippen LogP contribution in [0.5, 0.6) is 5.75 Å². The third kappa shape index (κ3) is 1.96. The van der Waals surface area contributed by atoms with Gasteiger partial charge in [-0.1, -0.05) is 38.0 Å². The molecule has 0 N–H and O–H groups in total. The van der Waals surface area contributed by atoms with Gasteiger partial charge in [0.15, 0.2) is 5.60 Å². The van der Waals surface area contributed by atoms with E-state index in [4.69, 9.17) is 9.47 Å². The van der Waals surface area contributed by atoms with E-state index in [9.17, 15) is 4.79 Å². The van der Waals surface area contributed by atoms with E-state index in [1.165, 1.54) is 6.42 Å². The molecular weight excluding hydrogens is 240 g/mol. The summed E-state index contributed by atoms with van der Waals surface area (Å²) in [6.45, 7) is 2.10. The lowest BCUT2D eigenvalue weighted by Gasteiger charge is -2.15. The molecule has 19 heavy (non-hydrogen) atoms. The van der Waals surface area contributed by atoms with Crippen molar-refractivity contribution in [3.05, 3.63) is 30.3 Å². The van der Waals surface area contributed by atoms with Crippen LogP contribution in [-0.4, -0.2) is 17.2 Å². The summed E-state index contributed by atoms with van der Waals surface area (Å²) in [6, 6.07) is 9.26. The summed E-state index contributed by atoms with van der Waals surface area (Å²) < 4.78 is 11.5. The molecule has 1 aliphatic heterocycles. The number of carbonyl (C=O) groups is 1. The van der Waals surface area contributed by atoms with Crippen molar-refractivity contribution in [3.63, 3.8) is 0 Å². The van der Waals surface area contributed by atoms with Crippen molar-refractivity contribution in [2.45, 2.75) is 56.7 Å². The average molecular weight is 260 g/mol. The number of para-hydroxylation sites is 1.